The molecule has 114 valence electrons. The summed E-state index contributed by atoms with van der Waals surface area (Å²) < 4.78 is 5.62. The lowest BCUT2D eigenvalue weighted by Gasteiger charge is -2.23. The van der Waals surface area contributed by atoms with Crippen LogP contribution in [0, 0.1) is 0 Å². The molecule has 0 spiro atoms. The molecule has 5 nitrogen and oxygen atoms in total. The van der Waals surface area contributed by atoms with Gasteiger partial charge >= 0.3 is 0 Å². The highest BCUT2D eigenvalue weighted by atomic mass is 16.5. The Morgan fingerprint density at radius 2 is 2.05 bits per heavy atom. The van der Waals surface area contributed by atoms with Gasteiger partial charge in [0, 0.05) is 13.0 Å². The fourth-order valence-electron chi connectivity index (χ4n) is 2.39. The Bertz CT molecular complexity index is 476. The Labute approximate surface area is 125 Å². The van der Waals surface area contributed by atoms with E-state index in [2.05, 4.69) is 5.32 Å². The van der Waals surface area contributed by atoms with Crippen LogP contribution in [0.15, 0.2) is 30.3 Å². The van der Waals surface area contributed by atoms with Crippen LogP contribution in [0.25, 0.3) is 0 Å². The summed E-state index contributed by atoms with van der Waals surface area (Å²) >= 11 is 0. The standard InChI is InChI=1S/C16H22N2O3/c1-2-6-14-16(20)18(10-9-15(19)17-14)11-12-21-13-7-4-3-5-8-13/h3-5,7-8,14H,2,6,9-12H2,1H3,(H,17,19). The molecule has 2 amide bonds. The summed E-state index contributed by atoms with van der Waals surface area (Å²) in [5, 5.41) is 2.80. The fraction of sp³-hybridized carbons (Fsp3) is 0.500. The lowest BCUT2D eigenvalue weighted by Crippen LogP contribution is -2.45. The van der Waals surface area contributed by atoms with E-state index in [0.717, 1.165) is 12.2 Å². The molecular formula is C16H22N2O3. The van der Waals surface area contributed by atoms with Crippen molar-refractivity contribution in [1.82, 2.24) is 10.2 Å². The van der Waals surface area contributed by atoms with Crippen molar-refractivity contribution in [2.45, 2.75) is 32.2 Å². The van der Waals surface area contributed by atoms with Gasteiger partial charge in [0.25, 0.3) is 0 Å². The number of nitrogens with zero attached hydrogens (tertiary/aromatic N) is 1. The van der Waals surface area contributed by atoms with Gasteiger partial charge in [-0.2, -0.15) is 0 Å². The van der Waals surface area contributed by atoms with Crippen LogP contribution in [0.1, 0.15) is 26.2 Å². The number of ether oxygens (including phenoxy) is 1. The van der Waals surface area contributed by atoms with Crippen molar-refractivity contribution in [3.05, 3.63) is 30.3 Å². The van der Waals surface area contributed by atoms with Crippen LogP contribution in [0.4, 0.5) is 0 Å². The van der Waals surface area contributed by atoms with E-state index in [1.807, 2.05) is 37.3 Å². The maximum atomic E-state index is 12.4. The first kappa shape index (κ1) is 15.4. The molecule has 21 heavy (non-hydrogen) atoms. The fourth-order valence-corrected chi connectivity index (χ4v) is 2.39. The van der Waals surface area contributed by atoms with Crippen molar-refractivity contribution in [2.75, 3.05) is 19.7 Å². The van der Waals surface area contributed by atoms with Gasteiger partial charge in [0.2, 0.25) is 11.8 Å². The molecule has 1 aliphatic heterocycles. The van der Waals surface area contributed by atoms with E-state index in [4.69, 9.17) is 4.74 Å². The number of carbonyl (C=O) groups excluding carboxylic acids is 2. The minimum absolute atomic E-state index is 0.000591. The molecule has 0 bridgehead atoms. The number of hydrogen-bond donors (Lipinski definition) is 1. The second kappa shape index (κ2) is 7.67. The zero-order valence-corrected chi connectivity index (χ0v) is 12.4. The van der Waals surface area contributed by atoms with Crippen molar-refractivity contribution in [3.63, 3.8) is 0 Å². The molecule has 1 aromatic carbocycles. The van der Waals surface area contributed by atoms with Crippen molar-refractivity contribution in [2.24, 2.45) is 0 Å². The summed E-state index contributed by atoms with van der Waals surface area (Å²) in [5.74, 6) is 0.742. The van der Waals surface area contributed by atoms with Gasteiger partial charge in [-0.05, 0) is 18.6 Å². The number of hydrogen-bond acceptors (Lipinski definition) is 3. The largest absolute Gasteiger partial charge is 0.492 e. The Morgan fingerprint density at radius 3 is 2.76 bits per heavy atom. The molecule has 5 heteroatoms. The van der Waals surface area contributed by atoms with Gasteiger partial charge < -0.3 is 15.0 Å². The number of rotatable bonds is 6. The third-order valence-corrected chi connectivity index (χ3v) is 3.50. The van der Waals surface area contributed by atoms with Crippen LogP contribution < -0.4 is 10.1 Å². The van der Waals surface area contributed by atoms with Crippen molar-refractivity contribution in [1.29, 1.82) is 0 Å². The van der Waals surface area contributed by atoms with Gasteiger partial charge in [-0.3, -0.25) is 9.59 Å². The van der Waals surface area contributed by atoms with Gasteiger partial charge in [-0.15, -0.1) is 0 Å². The minimum atomic E-state index is -0.387. The molecule has 0 aliphatic carbocycles. The smallest absolute Gasteiger partial charge is 0.245 e. The predicted octanol–water partition coefficient (Wildman–Crippen LogP) is 1.58. The molecule has 1 saturated heterocycles. The van der Waals surface area contributed by atoms with E-state index in [-0.39, 0.29) is 17.9 Å². The topological polar surface area (TPSA) is 58.6 Å². The lowest BCUT2D eigenvalue weighted by atomic mass is 10.1. The van der Waals surface area contributed by atoms with Crippen molar-refractivity contribution in [3.8, 4) is 5.75 Å². The van der Waals surface area contributed by atoms with Gasteiger partial charge in [0.05, 0.1) is 6.54 Å². The monoisotopic (exact) mass is 290 g/mol. The van der Waals surface area contributed by atoms with E-state index in [1.165, 1.54) is 0 Å². The number of benzene rings is 1. The highest BCUT2D eigenvalue weighted by Gasteiger charge is 2.28. The molecule has 0 aromatic heterocycles. The van der Waals surface area contributed by atoms with Crippen LogP contribution >= 0.6 is 0 Å². The first-order chi connectivity index (χ1) is 10.2. The molecule has 1 atom stereocenters. The van der Waals surface area contributed by atoms with Crippen molar-refractivity contribution >= 4 is 11.8 Å². The molecule has 0 radical (unpaired) electrons. The molecule has 0 saturated carbocycles. The number of amides is 2. The summed E-state index contributed by atoms with van der Waals surface area (Å²) in [6, 6.07) is 9.13. The van der Waals surface area contributed by atoms with Crippen LogP contribution in [-0.4, -0.2) is 42.5 Å². The second-order valence-electron chi connectivity index (χ2n) is 5.15. The average Bonchev–Trinajstić information content (AvgIpc) is 2.62. The Kier molecular flexibility index (Phi) is 5.60. The third kappa shape index (κ3) is 4.48. The SMILES string of the molecule is CCCC1NC(=O)CCN(CCOc2ccccc2)C1=O. The molecule has 2 rings (SSSR count). The number of nitrogens with one attached hydrogen (secondary N) is 1. The van der Waals surface area contributed by atoms with E-state index in [1.54, 1.807) is 4.90 Å². The highest BCUT2D eigenvalue weighted by Crippen LogP contribution is 2.10. The second-order valence-corrected chi connectivity index (χ2v) is 5.15. The van der Waals surface area contributed by atoms with Crippen LogP contribution in [0.3, 0.4) is 0 Å². The lowest BCUT2D eigenvalue weighted by molar-refractivity contribution is -0.134. The summed E-state index contributed by atoms with van der Waals surface area (Å²) in [5.41, 5.74) is 0. The first-order valence-corrected chi connectivity index (χ1v) is 7.46. The zero-order valence-electron chi connectivity index (χ0n) is 12.4. The normalized spacial score (nSPS) is 19.1. The predicted molar refractivity (Wildman–Crippen MR) is 80.0 cm³/mol. The van der Waals surface area contributed by atoms with E-state index in [9.17, 15) is 9.59 Å². The maximum absolute atomic E-state index is 12.4. The number of carbonyl (C=O) groups is 2. The van der Waals surface area contributed by atoms with E-state index < -0.39 is 0 Å². The Hall–Kier alpha value is -2.04. The quantitative estimate of drug-likeness (QED) is 0.865. The van der Waals surface area contributed by atoms with Crippen LogP contribution in [-0.2, 0) is 9.59 Å². The molecule has 1 heterocycles. The van der Waals surface area contributed by atoms with E-state index in [0.29, 0.717) is 32.5 Å². The zero-order chi connectivity index (χ0) is 15.1. The molecule has 1 unspecified atom stereocenters. The maximum Gasteiger partial charge on any atom is 0.245 e. The first-order valence-electron chi connectivity index (χ1n) is 7.46. The molecular weight excluding hydrogens is 268 g/mol. The van der Waals surface area contributed by atoms with E-state index >= 15 is 0 Å². The molecule has 1 aliphatic rings. The Balaban J connectivity index is 1.88. The molecule has 1 fully saturated rings. The molecule has 1 aromatic rings. The summed E-state index contributed by atoms with van der Waals surface area (Å²) in [6.45, 7) is 3.40. The Morgan fingerprint density at radius 1 is 1.29 bits per heavy atom. The summed E-state index contributed by atoms with van der Waals surface area (Å²) in [6.07, 6.45) is 1.91. The van der Waals surface area contributed by atoms with Crippen molar-refractivity contribution < 1.29 is 14.3 Å². The van der Waals surface area contributed by atoms with Gasteiger partial charge in [0.15, 0.2) is 0 Å². The average molecular weight is 290 g/mol. The van der Waals surface area contributed by atoms with Gasteiger partial charge in [0.1, 0.15) is 18.4 Å². The third-order valence-electron chi connectivity index (χ3n) is 3.50. The minimum Gasteiger partial charge on any atom is -0.492 e. The highest BCUT2D eigenvalue weighted by molar-refractivity contribution is 5.89. The molecule has 1 N–H and O–H groups in total. The summed E-state index contributed by atoms with van der Waals surface area (Å²) in [4.78, 5) is 25.7. The summed E-state index contributed by atoms with van der Waals surface area (Å²) in [7, 11) is 0. The van der Waals surface area contributed by atoms with Gasteiger partial charge in [-0.25, -0.2) is 0 Å². The van der Waals surface area contributed by atoms with Gasteiger partial charge in [-0.1, -0.05) is 31.5 Å². The van der Waals surface area contributed by atoms with Crippen LogP contribution in [0.2, 0.25) is 0 Å². The number of para-hydroxylation sites is 1. The van der Waals surface area contributed by atoms with Crippen LogP contribution in [0.5, 0.6) is 5.75 Å².